The number of methoxy groups -OCH3 is 2. The van der Waals surface area contributed by atoms with E-state index in [0.717, 1.165) is 6.08 Å². The van der Waals surface area contributed by atoms with E-state index >= 15 is 0 Å². The molecule has 19 heteroatoms. The molecular formula is C26H34N4O12S3. The van der Waals surface area contributed by atoms with Crippen LogP contribution in [0.5, 0.6) is 11.5 Å². The molecule has 0 saturated carbocycles. The van der Waals surface area contributed by atoms with Gasteiger partial charge in [0.05, 0.1) is 13.7 Å². The Bertz CT molecular complexity index is 1620. The van der Waals surface area contributed by atoms with E-state index in [9.17, 15) is 36.5 Å². The predicted molar refractivity (Wildman–Crippen MR) is 161 cm³/mol. The lowest BCUT2D eigenvalue weighted by atomic mass is 10.1. The van der Waals surface area contributed by atoms with Gasteiger partial charge in [-0.05, 0) is 49.2 Å². The van der Waals surface area contributed by atoms with Crippen LogP contribution in [0, 0.1) is 10.1 Å². The topological polar surface area (TPSA) is 210 Å². The van der Waals surface area contributed by atoms with Crippen LogP contribution in [0.15, 0.2) is 38.8 Å². The maximum absolute atomic E-state index is 13.3. The number of thiophene rings is 1. The molecule has 2 aromatic rings. The van der Waals surface area contributed by atoms with Crippen LogP contribution in [0.2, 0.25) is 0 Å². The van der Waals surface area contributed by atoms with Gasteiger partial charge in [-0.25, -0.2) is 21.6 Å². The van der Waals surface area contributed by atoms with Crippen LogP contribution in [0.25, 0.3) is 6.08 Å². The number of esters is 1. The van der Waals surface area contributed by atoms with Crippen LogP contribution in [-0.4, -0.2) is 85.2 Å². The molecule has 3 rings (SSSR count). The zero-order valence-electron chi connectivity index (χ0n) is 24.7. The summed E-state index contributed by atoms with van der Waals surface area (Å²) in [6, 6.07) is 5.16. The number of sulfonamides is 2. The molecule has 0 aliphatic carbocycles. The summed E-state index contributed by atoms with van der Waals surface area (Å²) in [6.07, 6.45) is 2.66. The number of rotatable bonds is 17. The second kappa shape index (κ2) is 16.1. The number of hydrogen-bond acceptors (Lipinski definition) is 14. The number of ether oxygens (including phenoxy) is 3. The zero-order chi connectivity index (χ0) is 33.2. The first kappa shape index (κ1) is 35.9. The fraction of sp³-hybridized carbons (Fsp3) is 0.462. The summed E-state index contributed by atoms with van der Waals surface area (Å²) >= 11 is 0.574. The molecule has 0 saturated heterocycles. The van der Waals surface area contributed by atoms with E-state index in [2.05, 4.69) is 10.2 Å². The Balaban J connectivity index is 1.71. The first-order valence-electron chi connectivity index (χ1n) is 13.6. The van der Waals surface area contributed by atoms with E-state index in [1.807, 2.05) is 11.6 Å². The second-order valence-electron chi connectivity index (χ2n) is 9.48. The molecule has 0 radical (unpaired) electrons. The lowest BCUT2D eigenvalue weighted by Crippen LogP contribution is -2.43. The molecule has 45 heavy (non-hydrogen) atoms. The monoisotopic (exact) mass is 690 g/mol. The van der Waals surface area contributed by atoms with E-state index in [-0.39, 0.29) is 52.5 Å². The molecule has 1 amide bonds. The van der Waals surface area contributed by atoms with Gasteiger partial charge in [-0.1, -0.05) is 13.0 Å². The van der Waals surface area contributed by atoms with Gasteiger partial charge in [-0.3, -0.25) is 9.59 Å². The molecule has 2 N–H and O–H groups in total. The Morgan fingerprint density at radius 1 is 1.18 bits per heavy atom. The number of hydrogen-bond donors (Lipinski definition) is 2. The molecule has 2 heterocycles. The van der Waals surface area contributed by atoms with Gasteiger partial charge in [0.2, 0.25) is 0 Å². The molecule has 0 unspecified atom stereocenters. The van der Waals surface area contributed by atoms with Gasteiger partial charge in [-0.15, -0.1) is 21.5 Å². The van der Waals surface area contributed by atoms with E-state index in [4.69, 9.17) is 14.2 Å². The van der Waals surface area contributed by atoms with Gasteiger partial charge in [0.15, 0.2) is 11.5 Å². The molecule has 0 fully saturated rings. The summed E-state index contributed by atoms with van der Waals surface area (Å²) in [5, 5.41) is 12.4. The van der Waals surface area contributed by atoms with Crippen molar-refractivity contribution in [3.63, 3.8) is 0 Å². The third-order valence-electron chi connectivity index (χ3n) is 6.31. The molecule has 1 aliphatic rings. The third kappa shape index (κ3) is 9.68. The van der Waals surface area contributed by atoms with Crippen molar-refractivity contribution >= 4 is 49.3 Å². The van der Waals surface area contributed by atoms with E-state index < -0.39 is 43.1 Å². The van der Waals surface area contributed by atoms with Crippen molar-refractivity contribution in [2.75, 3.05) is 47.1 Å². The number of benzene rings is 1. The van der Waals surface area contributed by atoms with Crippen LogP contribution >= 0.6 is 11.3 Å². The van der Waals surface area contributed by atoms with Crippen LogP contribution in [0.3, 0.4) is 0 Å². The Morgan fingerprint density at radius 3 is 2.60 bits per heavy atom. The first-order chi connectivity index (χ1) is 21.3. The van der Waals surface area contributed by atoms with E-state index in [0.29, 0.717) is 42.0 Å². The van der Waals surface area contributed by atoms with Crippen molar-refractivity contribution in [1.29, 1.82) is 0 Å². The maximum atomic E-state index is 13.3. The van der Waals surface area contributed by atoms with Crippen LogP contribution < -0.4 is 19.5 Å². The minimum Gasteiger partial charge on any atom is -0.493 e. The van der Waals surface area contributed by atoms with Crippen molar-refractivity contribution in [2.24, 2.45) is 0 Å². The van der Waals surface area contributed by atoms with Crippen molar-refractivity contribution < 1.29 is 50.6 Å². The molecule has 0 bridgehead atoms. The molecular weight excluding hydrogens is 657 g/mol. The number of nitrogens with zero attached hydrogens (tertiary/aromatic N) is 2. The summed E-state index contributed by atoms with van der Waals surface area (Å²) in [4.78, 5) is 38.9. The summed E-state index contributed by atoms with van der Waals surface area (Å²) < 4.78 is 71.1. The highest BCUT2D eigenvalue weighted by atomic mass is 32.3. The molecule has 1 aromatic carbocycles. The lowest BCUT2D eigenvalue weighted by Gasteiger charge is -2.32. The van der Waals surface area contributed by atoms with Crippen molar-refractivity contribution in [3.8, 4) is 11.5 Å². The molecule has 1 aliphatic heterocycles. The average Bonchev–Trinajstić information content (AvgIpc) is 3.45. The highest BCUT2D eigenvalue weighted by Crippen LogP contribution is 2.40. The number of carbonyl (C=O) groups excluding carboxylic acids is 2. The Labute approximate surface area is 264 Å². The number of carbonyl (C=O) groups is 2. The third-order valence-corrected chi connectivity index (χ3v) is 11.7. The molecule has 1 atom stereocenters. The van der Waals surface area contributed by atoms with Gasteiger partial charge in [-0.2, -0.15) is 4.31 Å². The Morgan fingerprint density at radius 2 is 1.93 bits per heavy atom. The smallest absolute Gasteiger partial charge is 0.311 e. The zero-order valence-corrected chi connectivity index (χ0v) is 27.2. The Kier molecular flexibility index (Phi) is 12.8. The van der Waals surface area contributed by atoms with Crippen molar-refractivity contribution in [2.45, 2.75) is 40.6 Å². The van der Waals surface area contributed by atoms with Gasteiger partial charge in [0, 0.05) is 50.9 Å². The average molecular weight is 691 g/mol. The SMILES string of the molecule is CCN[C@H]1CN(CCCOC)S(=O)(=O)c2sc(S(=O)(=O)NC(=O)C=Cc3ccc(OC(=O)CCCO[N+](=O)[O-])c(OC)c3)cc21. The number of nitrogens with one attached hydrogen (secondary N) is 2. The quantitative estimate of drug-likeness (QED) is 0.0607. The molecule has 1 aromatic heterocycles. The fourth-order valence-electron chi connectivity index (χ4n) is 4.27. The number of amides is 1. The summed E-state index contributed by atoms with van der Waals surface area (Å²) in [6.45, 7) is 2.80. The van der Waals surface area contributed by atoms with Gasteiger partial charge in [0.25, 0.3) is 31.0 Å². The van der Waals surface area contributed by atoms with Crippen LogP contribution in [-0.2, 0) is 39.2 Å². The second-order valence-corrected chi connectivity index (χ2v) is 14.6. The molecule has 248 valence electrons. The fourth-order valence-corrected chi connectivity index (χ4v) is 9.10. The standard InChI is InChI=1S/C26H34N4O12S3/c1-4-27-20-17-29(12-6-13-39-2)45(37,38)26-19(20)16-25(43-26)44(35,36)28-23(31)11-9-18-8-10-21(22(15-18)40-3)42-24(32)7-5-14-41-30(33)34/h8-11,15-16,20,27H,4-7,12-14,17H2,1-3H3,(H,28,31)/t20-/m0/s1. The van der Waals surface area contributed by atoms with Gasteiger partial charge >= 0.3 is 5.97 Å². The van der Waals surface area contributed by atoms with Crippen molar-refractivity contribution in [1.82, 2.24) is 14.3 Å². The van der Waals surface area contributed by atoms with E-state index in [1.165, 1.54) is 48.9 Å². The van der Waals surface area contributed by atoms with Gasteiger partial charge < -0.3 is 24.4 Å². The minimum absolute atomic E-state index is 0.0617. The first-order valence-corrected chi connectivity index (χ1v) is 17.3. The highest BCUT2D eigenvalue weighted by molar-refractivity contribution is 7.94. The summed E-state index contributed by atoms with van der Waals surface area (Å²) in [5.74, 6) is -1.46. The Hall–Kier alpha value is -3.62. The largest absolute Gasteiger partial charge is 0.493 e. The van der Waals surface area contributed by atoms with Crippen LogP contribution in [0.4, 0.5) is 0 Å². The summed E-state index contributed by atoms with van der Waals surface area (Å²) in [7, 11) is -5.55. The number of fused-ring (bicyclic) bond motifs is 1. The minimum atomic E-state index is -4.42. The summed E-state index contributed by atoms with van der Waals surface area (Å²) in [5.41, 5.74) is 0.726. The van der Waals surface area contributed by atoms with Crippen molar-refractivity contribution in [3.05, 3.63) is 51.6 Å². The highest BCUT2D eigenvalue weighted by Gasteiger charge is 2.40. The van der Waals surface area contributed by atoms with Crippen LogP contribution in [0.1, 0.15) is 43.4 Å². The molecule has 0 spiro atoms. The molecule has 16 nitrogen and oxygen atoms in total. The number of likely N-dealkylation sites (N-methyl/N-ethyl adjacent to an activating group) is 1. The van der Waals surface area contributed by atoms with Gasteiger partial charge in [0.1, 0.15) is 8.42 Å². The lowest BCUT2D eigenvalue weighted by molar-refractivity contribution is -0.757. The normalized spacial score (nSPS) is 16.2. The maximum Gasteiger partial charge on any atom is 0.311 e. The van der Waals surface area contributed by atoms with E-state index in [1.54, 1.807) is 0 Å². The predicted octanol–water partition coefficient (Wildman–Crippen LogP) is 1.86.